The number of alkyl halides is 5. The quantitative estimate of drug-likeness (QED) is 0.600. The van der Waals surface area contributed by atoms with Crippen molar-refractivity contribution in [3.63, 3.8) is 0 Å². The molecule has 0 aromatic carbocycles. The lowest BCUT2D eigenvalue weighted by Crippen LogP contribution is -2.77. The minimum absolute atomic E-state index is 0.268. The largest absolute Gasteiger partial charge is 0.449 e. The molecule has 0 spiro atoms. The van der Waals surface area contributed by atoms with Gasteiger partial charge in [-0.05, 0) is 38.0 Å². The minimum atomic E-state index is -5.69. The normalized spacial score (nSPS) is 50.2. The highest BCUT2D eigenvalue weighted by Crippen LogP contribution is 2.65. The molecular formula is C13H17F5O4. The number of rotatable bonds is 2. The average Bonchev–Trinajstić information content (AvgIpc) is 2.96. The molecule has 0 aromatic heterocycles. The lowest BCUT2D eigenvalue weighted by molar-refractivity contribution is -0.499. The van der Waals surface area contributed by atoms with Crippen LogP contribution in [0.4, 0.5) is 22.0 Å². The first kappa shape index (κ1) is 16.4. The van der Waals surface area contributed by atoms with Gasteiger partial charge in [-0.2, -0.15) is 22.0 Å². The molecule has 0 aromatic rings. The number of ether oxygens (including phenoxy) is 2. The fourth-order valence-corrected chi connectivity index (χ4v) is 4.55. The van der Waals surface area contributed by atoms with Gasteiger partial charge in [-0.1, -0.05) is 0 Å². The first-order chi connectivity index (χ1) is 9.99. The number of hydrogen-bond donors (Lipinski definition) is 2. The van der Waals surface area contributed by atoms with Crippen molar-refractivity contribution in [2.45, 2.75) is 55.8 Å². The number of aliphatic hydroxyl groups is 2. The van der Waals surface area contributed by atoms with Crippen molar-refractivity contribution in [3.05, 3.63) is 0 Å². The van der Waals surface area contributed by atoms with E-state index in [-0.39, 0.29) is 11.8 Å². The number of halogens is 5. The molecule has 0 amide bonds. The highest BCUT2D eigenvalue weighted by Gasteiger charge is 2.84. The molecule has 22 heavy (non-hydrogen) atoms. The molecule has 4 nitrogen and oxygen atoms in total. The summed E-state index contributed by atoms with van der Waals surface area (Å²) in [4.78, 5) is 0. The minimum Gasteiger partial charge on any atom is -0.371 e. The van der Waals surface area contributed by atoms with Crippen molar-refractivity contribution < 1.29 is 41.6 Å². The van der Waals surface area contributed by atoms with Gasteiger partial charge in [0, 0.05) is 5.92 Å². The van der Waals surface area contributed by atoms with Gasteiger partial charge in [0.1, 0.15) is 12.4 Å². The summed E-state index contributed by atoms with van der Waals surface area (Å²) < 4.78 is 77.9. The van der Waals surface area contributed by atoms with Gasteiger partial charge in [-0.3, -0.25) is 0 Å². The monoisotopic (exact) mass is 332 g/mol. The van der Waals surface area contributed by atoms with Crippen LogP contribution in [0, 0.1) is 17.8 Å². The predicted octanol–water partition coefficient (Wildman–Crippen LogP) is 2.04. The van der Waals surface area contributed by atoms with Crippen LogP contribution >= 0.6 is 0 Å². The van der Waals surface area contributed by atoms with E-state index in [0.717, 1.165) is 6.92 Å². The van der Waals surface area contributed by atoms with Crippen LogP contribution in [-0.2, 0) is 9.47 Å². The summed E-state index contributed by atoms with van der Waals surface area (Å²) in [5.74, 6) is -11.0. The van der Waals surface area contributed by atoms with Crippen LogP contribution in [0.25, 0.3) is 0 Å². The lowest BCUT2D eigenvalue weighted by Gasteiger charge is -2.56. The molecule has 3 rings (SSSR count). The molecule has 6 atom stereocenters. The van der Waals surface area contributed by atoms with Crippen molar-refractivity contribution >= 4 is 0 Å². The van der Waals surface area contributed by atoms with E-state index in [1.165, 1.54) is 0 Å². The Hall–Kier alpha value is -0.510. The lowest BCUT2D eigenvalue weighted by atomic mass is 9.68. The van der Waals surface area contributed by atoms with E-state index < -0.39 is 42.3 Å². The Bertz CT molecular complexity index is 470. The Balaban J connectivity index is 2.12. The van der Waals surface area contributed by atoms with E-state index in [4.69, 9.17) is 9.84 Å². The molecule has 3 fully saturated rings. The molecule has 2 bridgehead atoms. The molecule has 1 saturated heterocycles. The van der Waals surface area contributed by atoms with E-state index in [1.54, 1.807) is 0 Å². The third kappa shape index (κ3) is 1.71. The van der Waals surface area contributed by atoms with Crippen molar-refractivity contribution in [2.24, 2.45) is 17.8 Å². The predicted molar refractivity (Wildman–Crippen MR) is 61.7 cm³/mol. The summed E-state index contributed by atoms with van der Waals surface area (Å²) in [6, 6.07) is 0. The van der Waals surface area contributed by atoms with Crippen molar-refractivity contribution in [1.82, 2.24) is 0 Å². The van der Waals surface area contributed by atoms with Crippen LogP contribution in [0.3, 0.4) is 0 Å². The summed E-state index contributed by atoms with van der Waals surface area (Å²) >= 11 is 0. The van der Waals surface area contributed by atoms with Crippen LogP contribution in [-0.4, -0.2) is 46.6 Å². The molecule has 0 radical (unpaired) electrons. The van der Waals surface area contributed by atoms with Gasteiger partial charge in [0.25, 0.3) is 0 Å². The van der Waals surface area contributed by atoms with Crippen LogP contribution < -0.4 is 0 Å². The summed E-state index contributed by atoms with van der Waals surface area (Å²) in [6.45, 7) is -0.346. The number of aliphatic hydroxyl groups excluding tert-OH is 1. The summed E-state index contributed by atoms with van der Waals surface area (Å²) in [6.07, 6.45) is -5.23. The van der Waals surface area contributed by atoms with Crippen molar-refractivity contribution in [1.29, 1.82) is 0 Å². The molecule has 6 unspecified atom stereocenters. The Morgan fingerprint density at radius 2 is 1.82 bits per heavy atom. The van der Waals surface area contributed by atoms with Gasteiger partial charge >= 0.3 is 17.9 Å². The highest BCUT2D eigenvalue weighted by atomic mass is 19.4. The zero-order chi connectivity index (χ0) is 16.6. The van der Waals surface area contributed by atoms with Gasteiger partial charge in [0.15, 0.2) is 0 Å². The summed E-state index contributed by atoms with van der Waals surface area (Å²) in [5, 5.41) is 18.6. The SMILES string of the molecule is CC1(OCO)C2C3CCC(C3)C2OC(O)(C(F)(F)F)C1(F)F. The maximum atomic E-state index is 14.6. The average molecular weight is 332 g/mol. The molecule has 3 aliphatic rings. The molecule has 2 N–H and O–H groups in total. The Morgan fingerprint density at radius 1 is 1.23 bits per heavy atom. The zero-order valence-corrected chi connectivity index (χ0v) is 11.7. The van der Waals surface area contributed by atoms with Gasteiger partial charge in [0.05, 0.1) is 6.10 Å². The van der Waals surface area contributed by atoms with Crippen molar-refractivity contribution in [3.8, 4) is 0 Å². The van der Waals surface area contributed by atoms with Gasteiger partial charge in [-0.15, -0.1) is 0 Å². The fourth-order valence-electron chi connectivity index (χ4n) is 4.55. The molecule has 1 heterocycles. The Labute approximate surface area is 123 Å². The smallest absolute Gasteiger partial charge is 0.371 e. The van der Waals surface area contributed by atoms with Crippen LogP contribution in [0.15, 0.2) is 0 Å². The second kappa shape index (κ2) is 4.52. The summed E-state index contributed by atoms with van der Waals surface area (Å²) in [5.41, 5.74) is -2.66. The van der Waals surface area contributed by atoms with Gasteiger partial charge in [-0.25, -0.2) is 0 Å². The van der Waals surface area contributed by atoms with Crippen LogP contribution in [0.5, 0.6) is 0 Å². The molecule has 128 valence electrons. The van der Waals surface area contributed by atoms with E-state index in [2.05, 4.69) is 4.74 Å². The Kier molecular flexibility index (Phi) is 3.36. The second-order valence-corrected chi connectivity index (χ2v) is 6.54. The second-order valence-electron chi connectivity index (χ2n) is 6.54. The summed E-state index contributed by atoms with van der Waals surface area (Å²) in [7, 11) is 0. The molecule has 2 saturated carbocycles. The van der Waals surface area contributed by atoms with Crippen molar-refractivity contribution in [2.75, 3.05) is 6.79 Å². The third-order valence-electron chi connectivity index (χ3n) is 5.58. The Morgan fingerprint density at radius 3 is 2.36 bits per heavy atom. The zero-order valence-electron chi connectivity index (χ0n) is 11.7. The maximum Gasteiger partial charge on any atom is 0.449 e. The molecular weight excluding hydrogens is 315 g/mol. The third-order valence-corrected chi connectivity index (χ3v) is 5.58. The van der Waals surface area contributed by atoms with E-state index in [0.29, 0.717) is 19.3 Å². The topological polar surface area (TPSA) is 58.9 Å². The van der Waals surface area contributed by atoms with E-state index in [1.807, 2.05) is 0 Å². The fraction of sp³-hybridized carbons (Fsp3) is 1.00. The number of hydrogen-bond acceptors (Lipinski definition) is 4. The van der Waals surface area contributed by atoms with E-state index in [9.17, 15) is 27.1 Å². The van der Waals surface area contributed by atoms with Gasteiger partial charge in [0.2, 0.25) is 0 Å². The molecule has 2 aliphatic carbocycles. The molecule has 1 aliphatic heterocycles. The number of fused-ring (bicyclic) bond motifs is 5. The van der Waals surface area contributed by atoms with E-state index >= 15 is 0 Å². The van der Waals surface area contributed by atoms with Crippen LogP contribution in [0.2, 0.25) is 0 Å². The highest BCUT2D eigenvalue weighted by molar-refractivity contribution is 5.18. The first-order valence-corrected chi connectivity index (χ1v) is 7.09. The molecule has 9 heteroatoms. The van der Waals surface area contributed by atoms with Gasteiger partial charge < -0.3 is 19.7 Å². The standard InChI is InChI=1S/C13H17F5O4/c1-10(21-5-19)8-6-2-3-7(4-6)9(8)22-12(20,11(10,14)15)13(16,17)18/h6-9,19-20H,2-5H2,1H3. The maximum absolute atomic E-state index is 14.6. The first-order valence-electron chi connectivity index (χ1n) is 7.09. The van der Waals surface area contributed by atoms with Crippen LogP contribution in [0.1, 0.15) is 26.2 Å².